The number of hydrogen-bond acceptors (Lipinski definition) is 7. The zero-order chi connectivity index (χ0) is 24.9. The zero-order valence-corrected chi connectivity index (χ0v) is 20.5. The van der Waals surface area contributed by atoms with Gasteiger partial charge >= 0.3 is 0 Å². The quantitative estimate of drug-likeness (QED) is 0.419. The van der Waals surface area contributed by atoms with Crippen LogP contribution in [0.3, 0.4) is 0 Å². The molecule has 3 amide bonds. The Morgan fingerprint density at radius 3 is 2.46 bits per heavy atom. The third kappa shape index (κ3) is 5.68. The number of thiophene rings is 1. The fourth-order valence-corrected chi connectivity index (χ4v) is 5.72. The maximum Gasteiger partial charge on any atom is 0.270 e. The number of rotatable bonds is 8. The average Bonchev–Trinajstić information content (AvgIpc) is 3.49. The third-order valence-electron chi connectivity index (χ3n) is 6.02. The summed E-state index contributed by atoms with van der Waals surface area (Å²) in [6, 6.07) is 8.19. The van der Waals surface area contributed by atoms with E-state index >= 15 is 0 Å². The van der Waals surface area contributed by atoms with Crippen LogP contribution in [0.25, 0.3) is 0 Å². The van der Waals surface area contributed by atoms with Crippen molar-refractivity contribution < 1.29 is 18.8 Å². The van der Waals surface area contributed by atoms with Crippen molar-refractivity contribution >= 4 is 46.3 Å². The van der Waals surface area contributed by atoms with E-state index in [9.17, 15) is 18.8 Å². The highest BCUT2D eigenvalue weighted by Gasteiger charge is 2.36. The number of carbonyl (C=O) groups is 3. The molecule has 1 aliphatic rings. The Labute approximate surface area is 210 Å². The number of nitrogen functional groups attached to an aromatic ring is 1. The number of hydrogen-bond donors (Lipinski definition) is 3. The van der Waals surface area contributed by atoms with E-state index in [1.165, 1.54) is 40.5 Å². The van der Waals surface area contributed by atoms with E-state index in [2.05, 4.69) is 9.69 Å². The van der Waals surface area contributed by atoms with Gasteiger partial charge in [0.25, 0.3) is 11.8 Å². The summed E-state index contributed by atoms with van der Waals surface area (Å²) in [6.45, 7) is 0.111. The summed E-state index contributed by atoms with van der Waals surface area (Å²) in [5.41, 5.74) is 11.5. The van der Waals surface area contributed by atoms with E-state index in [1.54, 1.807) is 0 Å². The number of carbonyl (C=O) groups excluding carboxylic acids is 3. The second kappa shape index (κ2) is 11.0. The SMILES string of the molecule is NC(=O)c1nsc(C(=O)N(Cc2cccs2)[C@H](C(=O)NC2CCCCC2)c2ccc(F)cc2)c1N. The summed E-state index contributed by atoms with van der Waals surface area (Å²) in [4.78, 5) is 41.4. The minimum atomic E-state index is -1.05. The van der Waals surface area contributed by atoms with Crippen molar-refractivity contribution in [1.82, 2.24) is 14.6 Å². The summed E-state index contributed by atoms with van der Waals surface area (Å²) >= 11 is 2.20. The highest BCUT2D eigenvalue weighted by atomic mass is 32.1. The van der Waals surface area contributed by atoms with Crippen LogP contribution in [0.2, 0.25) is 0 Å². The maximum atomic E-state index is 13.8. The summed E-state index contributed by atoms with van der Waals surface area (Å²) in [5, 5.41) is 4.97. The Kier molecular flexibility index (Phi) is 7.76. The molecule has 0 unspecified atom stereocenters. The molecule has 0 saturated heterocycles. The molecule has 11 heteroatoms. The van der Waals surface area contributed by atoms with Crippen LogP contribution in [0.5, 0.6) is 0 Å². The Bertz CT molecular complexity index is 1190. The number of amides is 3. The number of nitrogens with zero attached hydrogens (tertiary/aromatic N) is 2. The van der Waals surface area contributed by atoms with Gasteiger partial charge in [0, 0.05) is 10.9 Å². The van der Waals surface area contributed by atoms with E-state index < -0.39 is 23.7 Å². The van der Waals surface area contributed by atoms with Crippen LogP contribution in [0.1, 0.15) is 68.7 Å². The molecule has 35 heavy (non-hydrogen) atoms. The van der Waals surface area contributed by atoms with Crippen LogP contribution in [0.15, 0.2) is 41.8 Å². The van der Waals surface area contributed by atoms with Crippen molar-refractivity contribution in [2.24, 2.45) is 5.73 Å². The standard InChI is InChI=1S/C24H26FN5O3S2/c25-15-10-8-14(9-11-15)20(23(32)28-16-5-2-1-3-6-16)30(13-17-7-4-12-34-17)24(33)21-18(26)19(22(27)31)29-35-21/h4,7-12,16,20H,1-3,5-6,13,26H2,(H2,27,31)(H,28,32)/t20-/m0/s1. The van der Waals surface area contributed by atoms with Gasteiger partial charge in [-0.2, -0.15) is 4.37 Å². The molecule has 8 nitrogen and oxygen atoms in total. The highest BCUT2D eigenvalue weighted by molar-refractivity contribution is 7.10. The van der Waals surface area contributed by atoms with Gasteiger partial charge in [-0.3, -0.25) is 14.4 Å². The van der Waals surface area contributed by atoms with Gasteiger partial charge in [-0.25, -0.2) is 4.39 Å². The van der Waals surface area contributed by atoms with E-state index in [0.29, 0.717) is 5.56 Å². The number of aromatic nitrogens is 1. The molecule has 2 aromatic heterocycles. The Morgan fingerprint density at radius 1 is 1.14 bits per heavy atom. The number of benzene rings is 1. The minimum Gasteiger partial charge on any atom is -0.395 e. The molecule has 1 fully saturated rings. The number of nitrogens with one attached hydrogen (secondary N) is 1. The van der Waals surface area contributed by atoms with E-state index in [-0.39, 0.29) is 34.8 Å². The molecule has 184 valence electrons. The van der Waals surface area contributed by atoms with Gasteiger partial charge in [0.15, 0.2) is 5.69 Å². The average molecular weight is 516 g/mol. The second-order valence-electron chi connectivity index (χ2n) is 8.45. The van der Waals surface area contributed by atoms with Gasteiger partial charge in [-0.1, -0.05) is 37.5 Å². The Hall–Kier alpha value is -3.31. The summed E-state index contributed by atoms with van der Waals surface area (Å²) in [5.74, 6) is -2.21. The van der Waals surface area contributed by atoms with E-state index in [0.717, 1.165) is 48.5 Å². The van der Waals surface area contributed by atoms with Gasteiger partial charge in [0.1, 0.15) is 16.7 Å². The minimum absolute atomic E-state index is 0.00725. The van der Waals surface area contributed by atoms with Gasteiger partial charge in [-0.05, 0) is 53.5 Å². The maximum absolute atomic E-state index is 13.8. The lowest BCUT2D eigenvalue weighted by molar-refractivity contribution is -0.127. The molecule has 0 aliphatic heterocycles. The molecule has 0 spiro atoms. The van der Waals surface area contributed by atoms with Crippen molar-refractivity contribution in [2.75, 3.05) is 5.73 Å². The van der Waals surface area contributed by atoms with E-state index in [4.69, 9.17) is 11.5 Å². The lowest BCUT2D eigenvalue weighted by atomic mass is 9.94. The van der Waals surface area contributed by atoms with E-state index in [1.807, 2.05) is 17.5 Å². The molecule has 3 aromatic rings. The Morgan fingerprint density at radius 2 is 1.86 bits per heavy atom. The van der Waals surface area contributed by atoms with Crippen molar-refractivity contribution in [3.63, 3.8) is 0 Å². The predicted octanol–water partition coefficient (Wildman–Crippen LogP) is 3.86. The molecule has 2 heterocycles. The van der Waals surface area contributed by atoms with Crippen molar-refractivity contribution in [2.45, 2.75) is 50.7 Å². The van der Waals surface area contributed by atoms with Gasteiger partial charge in [0.2, 0.25) is 5.91 Å². The zero-order valence-electron chi connectivity index (χ0n) is 18.9. The number of anilines is 1. The largest absolute Gasteiger partial charge is 0.395 e. The molecular formula is C24H26FN5O3S2. The molecule has 1 aliphatic carbocycles. The van der Waals surface area contributed by atoms with Gasteiger partial charge in [-0.15, -0.1) is 11.3 Å². The van der Waals surface area contributed by atoms with Gasteiger partial charge < -0.3 is 21.7 Å². The molecule has 1 atom stereocenters. The first-order valence-corrected chi connectivity index (χ1v) is 12.9. The van der Waals surface area contributed by atoms with Crippen LogP contribution in [-0.4, -0.2) is 33.0 Å². The van der Waals surface area contributed by atoms with Gasteiger partial charge in [0.05, 0.1) is 12.2 Å². The van der Waals surface area contributed by atoms with Crippen LogP contribution in [0.4, 0.5) is 10.1 Å². The molecule has 4 rings (SSSR count). The number of halogens is 1. The summed E-state index contributed by atoms with van der Waals surface area (Å²) < 4.78 is 17.7. The first-order valence-electron chi connectivity index (χ1n) is 11.3. The van der Waals surface area contributed by atoms with Crippen LogP contribution in [-0.2, 0) is 11.3 Å². The molecule has 1 saturated carbocycles. The predicted molar refractivity (Wildman–Crippen MR) is 133 cm³/mol. The monoisotopic (exact) mass is 515 g/mol. The van der Waals surface area contributed by atoms with Crippen LogP contribution >= 0.6 is 22.9 Å². The lowest BCUT2D eigenvalue weighted by Gasteiger charge is -2.33. The smallest absolute Gasteiger partial charge is 0.270 e. The first kappa shape index (κ1) is 24.8. The topological polar surface area (TPSA) is 131 Å². The van der Waals surface area contributed by atoms with Crippen molar-refractivity contribution in [3.8, 4) is 0 Å². The second-order valence-corrected chi connectivity index (χ2v) is 10.3. The molecular weight excluding hydrogens is 489 g/mol. The molecule has 0 radical (unpaired) electrons. The fourth-order valence-electron chi connectivity index (χ4n) is 4.26. The molecule has 0 bridgehead atoms. The highest BCUT2D eigenvalue weighted by Crippen LogP contribution is 2.31. The lowest BCUT2D eigenvalue weighted by Crippen LogP contribution is -2.46. The first-order chi connectivity index (χ1) is 16.8. The van der Waals surface area contributed by atoms with Crippen LogP contribution in [0, 0.1) is 5.82 Å². The summed E-state index contributed by atoms with van der Waals surface area (Å²) in [6.07, 6.45) is 4.91. The number of nitrogens with two attached hydrogens (primary N) is 2. The summed E-state index contributed by atoms with van der Waals surface area (Å²) in [7, 11) is 0. The molecule has 5 N–H and O–H groups in total. The van der Waals surface area contributed by atoms with Crippen molar-refractivity contribution in [1.29, 1.82) is 0 Å². The van der Waals surface area contributed by atoms with Crippen molar-refractivity contribution in [3.05, 3.63) is 68.6 Å². The van der Waals surface area contributed by atoms with Crippen LogP contribution < -0.4 is 16.8 Å². The number of primary amides is 1. The normalized spacial score (nSPS) is 14.9. The Balaban J connectivity index is 1.75. The fraction of sp³-hybridized carbons (Fsp3) is 0.333. The molecule has 1 aromatic carbocycles. The third-order valence-corrected chi connectivity index (χ3v) is 7.73.